The van der Waals surface area contributed by atoms with Crippen molar-refractivity contribution in [1.82, 2.24) is 0 Å². The van der Waals surface area contributed by atoms with Gasteiger partial charge in [-0.1, -0.05) is 0 Å². The number of ether oxygens (including phenoxy) is 1. The summed E-state index contributed by atoms with van der Waals surface area (Å²) in [6.07, 6.45) is 2.21. The lowest BCUT2D eigenvalue weighted by Gasteiger charge is -2.12. The van der Waals surface area contributed by atoms with E-state index in [1.54, 1.807) is 13.0 Å². The predicted octanol–water partition coefficient (Wildman–Crippen LogP) is 2.64. The monoisotopic (exact) mass is 272 g/mol. The maximum Gasteiger partial charge on any atom is 0.339 e. The van der Waals surface area contributed by atoms with Crippen LogP contribution in [0.2, 0.25) is 0 Å². The lowest BCUT2D eigenvalue weighted by Crippen LogP contribution is -2.20. The fourth-order valence-corrected chi connectivity index (χ4v) is 2.62. The molecule has 4 nitrogen and oxygen atoms in total. The number of Topliss-reactive ketones (excluding diaryl/α,β-unsaturated/α-hetero) is 1. The van der Waals surface area contributed by atoms with Crippen LogP contribution >= 0.6 is 0 Å². The van der Waals surface area contributed by atoms with Crippen molar-refractivity contribution in [2.45, 2.75) is 39.2 Å². The second-order valence-electron chi connectivity index (χ2n) is 5.23. The number of fused-ring (bicyclic) bond motifs is 3. The maximum atomic E-state index is 11.9. The van der Waals surface area contributed by atoms with Crippen LogP contribution < -0.4 is 10.4 Å². The summed E-state index contributed by atoms with van der Waals surface area (Å²) in [4.78, 5) is 23.1. The molecule has 0 spiro atoms. The van der Waals surface area contributed by atoms with Gasteiger partial charge in [0.25, 0.3) is 0 Å². The number of carbonyl (C=O) groups excluding carboxylic acids is 1. The zero-order valence-corrected chi connectivity index (χ0v) is 11.6. The topological polar surface area (TPSA) is 56.5 Å². The molecule has 3 rings (SSSR count). The molecule has 2 aromatic rings. The SMILES string of the molecule is CC(=O)[C@H](C)Oc1ccc2c3c(c(=O)oc2c1)CCC3. The molecule has 0 radical (unpaired) electrons. The lowest BCUT2D eigenvalue weighted by atomic mass is 10.1. The molecule has 1 aliphatic carbocycles. The Morgan fingerprint density at radius 1 is 1.30 bits per heavy atom. The molecule has 1 aromatic heterocycles. The molecule has 0 fully saturated rings. The van der Waals surface area contributed by atoms with Crippen LogP contribution in [-0.4, -0.2) is 11.9 Å². The maximum absolute atomic E-state index is 11.9. The number of hydrogen-bond donors (Lipinski definition) is 0. The predicted molar refractivity (Wildman–Crippen MR) is 75.3 cm³/mol. The molecule has 1 aliphatic rings. The van der Waals surface area contributed by atoms with Gasteiger partial charge in [0.05, 0.1) is 0 Å². The van der Waals surface area contributed by atoms with Gasteiger partial charge in [0.15, 0.2) is 11.9 Å². The van der Waals surface area contributed by atoms with Gasteiger partial charge in [-0.05, 0) is 50.8 Å². The van der Waals surface area contributed by atoms with Crippen LogP contribution in [0, 0.1) is 0 Å². The van der Waals surface area contributed by atoms with Crippen LogP contribution in [0.1, 0.15) is 31.4 Å². The van der Waals surface area contributed by atoms with Crippen molar-refractivity contribution in [1.29, 1.82) is 0 Å². The molecule has 0 bridgehead atoms. The summed E-state index contributed by atoms with van der Waals surface area (Å²) < 4.78 is 10.9. The van der Waals surface area contributed by atoms with Crippen LogP contribution in [0.4, 0.5) is 0 Å². The highest BCUT2D eigenvalue weighted by atomic mass is 16.5. The first-order chi connectivity index (χ1) is 9.56. The minimum Gasteiger partial charge on any atom is -0.483 e. The van der Waals surface area contributed by atoms with Crippen LogP contribution in [0.25, 0.3) is 11.0 Å². The van der Waals surface area contributed by atoms with Crippen LogP contribution in [0.3, 0.4) is 0 Å². The molecule has 104 valence electrons. The number of hydrogen-bond acceptors (Lipinski definition) is 4. The van der Waals surface area contributed by atoms with Crippen LogP contribution in [0.5, 0.6) is 5.75 Å². The average Bonchev–Trinajstić information content (AvgIpc) is 2.88. The van der Waals surface area contributed by atoms with Gasteiger partial charge in [0.2, 0.25) is 0 Å². The smallest absolute Gasteiger partial charge is 0.339 e. The van der Waals surface area contributed by atoms with Gasteiger partial charge in [-0.25, -0.2) is 4.79 Å². The van der Waals surface area contributed by atoms with Crippen molar-refractivity contribution >= 4 is 16.8 Å². The molecule has 1 heterocycles. The third-order valence-corrected chi connectivity index (χ3v) is 3.83. The molecule has 20 heavy (non-hydrogen) atoms. The van der Waals surface area contributed by atoms with Crippen molar-refractivity contribution in [3.8, 4) is 5.75 Å². The van der Waals surface area contributed by atoms with Crippen molar-refractivity contribution in [2.75, 3.05) is 0 Å². The normalized spacial score (nSPS) is 15.1. The highest BCUT2D eigenvalue weighted by Gasteiger charge is 2.20. The molecule has 1 atom stereocenters. The third-order valence-electron chi connectivity index (χ3n) is 3.83. The zero-order chi connectivity index (χ0) is 14.3. The Labute approximate surface area is 116 Å². The van der Waals surface area contributed by atoms with Crippen molar-refractivity contribution < 1.29 is 13.9 Å². The standard InChI is InChI=1S/C16H16O4/c1-9(17)10(2)19-11-6-7-13-12-4-3-5-14(12)16(18)20-15(13)8-11/h6-8,10H,3-5H2,1-2H3/t10-/m0/s1. The summed E-state index contributed by atoms with van der Waals surface area (Å²) in [6.45, 7) is 3.18. The second-order valence-corrected chi connectivity index (χ2v) is 5.23. The minimum absolute atomic E-state index is 0.0412. The summed E-state index contributed by atoms with van der Waals surface area (Å²) in [5.41, 5.74) is 2.19. The van der Waals surface area contributed by atoms with Crippen molar-refractivity contribution in [3.05, 3.63) is 39.7 Å². The fourth-order valence-electron chi connectivity index (χ4n) is 2.62. The molecule has 0 N–H and O–H groups in total. The van der Waals surface area contributed by atoms with E-state index >= 15 is 0 Å². The number of ketones is 1. The van der Waals surface area contributed by atoms with Gasteiger partial charge in [0.1, 0.15) is 11.3 Å². The molecular formula is C16H16O4. The highest BCUT2D eigenvalue weighted by molar-refractivity contribution is 5.83. The third kappa shape index (κ3) is 2.11. The lowest BCUT2D eigenvalue weighted by molar-refractivity contribution is -0.122. The second kappa shape index (κ2) is 4.78. The summed E-state index contributed by atoms with van der Waals surface area (Å²) in [5.74, 6) is 0.502. The Morgan fingerprint density at radius 3 is 2.80 bits per heavy atom. The van der Waals surface area contributed by atoms with Gasteiger partial charge in [0, 0.05) is 17.0 Å². The van der Waals surface area contributed by atoms with Crippen molar-refractivity contribution in [2.24, 2.45) is 0 Å². The van der Waals surface area contributed by atoms with Gasteiger partial charge >= 0.3 is 5.63 Å². The van der Waals surface area contributed by atoms with Gasteiger partial charge < -0.3 is 9.15 Å². The molecule has 0 amide bonds. The summed E-state index contributed by atoms with van der Waals surface area (Å²) >= 11 is 0. The van der Waals surface area contributed by atoms with E-state index in [0.717, 1.165) is 35.8 Å². The first-order valence-corrected chi connectivity index (χ1v) is 6.82. The fraction of sp³-hybridized carbons (Fsp3) is 0.375. The van der Waals surface area contributed by atoms with Gasteiger partial charge in [-0.15, -0.1) is 0 Å². The molecule has 0 saturated carbocycles. The molecule has 0 aliphatic heterocycles. The highest BCUT2D eigenvalue weighted by Crippen LogP contribution is 2.29. The minimum atomic E-state index is -0.506. The van der Waals surface area contributed by atoms with E-state index in [1.165, 1.54) is 6.92 Å². The zero-order valence-electron chi connectivity index (χ0n) is 11.6. The molecule has 0 unspecified atom stereocenters. The molecule has 0 saturated heterocycles. The van der Waals surface area contributed by atoms with Gasteiger partial charge in [-0.3, -0.25) is 4.79 Å². The summed E-state index contributed by atoms with van der Waals surface area (Å²) in [6, 6.07) is 5.42. The van der Waals surface area contributed by atoms with E-state index in [0.29, 0.717) is 11.3 Å². The number of carbonyl (C=O) groups is 1. The Kier molecular flexibility index (Phi) is 3.08. The van der Waals surface area contributed by atoms with Crippen LogP contribution in [0.15, 0.2) is 27.4 Å². The molecular weight excluding hydrogens is 256 g/mol. The quantitative estimate of drug-likeness (QED) is 0.806. The summed E-state index contributed by atoms with van der Waals surface area (Å²) in [7, 11) is 0. The number of rotatable bonds is 3. The van der Waals surface area contributed by atoms with E-state index in [4.69, 9.17) is 9.15 Å². The summed E-state index contributed by atoms with van der Waals surface area (Å²) in [5, 5.41) is 0.972. The van der Waals surface area contributed by atoms with Crippen LogP contribution in [-0.2, 0) is 17.6 Å². The Bertz CT molecular complexity index is 742. The molecule has 1 aromatic carbocycles. The van der Waals surface area contributed by atoms with E-state index in [-0.39, 0.29) is 11.4 Å². The van der Waals surface area contributed by atoms with Crippen molar-refractivity contribution in [3.63, 3.8) is 0 Å². The number of aryl methyl sites for hydroxylation is 1. The largest absolute Gasteiger partial charge is 0.483 e. The van der Waals surface area contributed by atoms with E-state index < -0.39 is 6.10 Å². The van der Waals surface area contributed by atoms with Gasteiger partial charge in [-0.2, -0.15) is 0 Å². The average molecular weight is 272 g/mol. The van der Waals surface area contributed by atoms with E-state index in [2.05, 4.69) is 0 Å². The first-order valence-electron chi connectivity index (χ1n) is 6.82. The Morgan fingerprint density at radius 2 is 2.05 bits per heavy atom. The van der Waals surface area contributed by atoms with E-state index in [1.807, 2.05) is 12.1 Å². The Hall–Kier alpha value is -2.10. The number of benzene rings is 1. The first kappa shape index (κ1) is 12.9. The molecule has 4 heteroatoms. The van der Waals surface area contributed by atoms with E-state index in [9.17, 15) is 9.59 Å². The Balaban J connectivity index is 2.06.